The van der Waals surface area contributed by atoms with Crippen LogP contribution in [0.25, 0.3) is 0 Å². The van der Waals surface area contributed by atoms with Crippen molar-refractivity contribution >= 4 is 23.4 Å². The zero-order valence-electron chi connectivity index (χ0n) is 12.8. The molecule has 0 bridgehead atoms. The van der Waals surface area contributed by atoms with Gasteiger partial charge in [-0.25, -0.2) is 0 Å². The molecule has 1 amide bonds. The predicted octanol–water partition coefficient (Wildman–Crippen LogP) is 5.49. The highest BCUT2D eigenvalue weighted by molar-refractivity contribution is 8.02. The molecule has 114 valence electrons. The smallest absolute Gasteiger partial charge is 0.252 e. The lowest BCUT2D eigenvalue weighted by molar-refractivity contribution is -0.113. The first-order valence-electron chi connectivity index (χ1n) is 7.56. The Morgan fingerprint density at radius 3 is 2.32 bits per heavy atom. The summed E-state index contributed by atoms with van der Waals surface area (Å²) >= 11 is 1.59. The monoisotopic (exact) mass is 311 g/mol. The van der Waals surface area contributed by atoms with Gasteiger partial charge in [0, 0.05) is 16.2 Å². The molecule has 2 nitrogen and oxygen atoms in total. The van der Waals surface area contributed by atoms with Gasteiger partial charge in [0.2, 0.25) is 0 Å². The number of rotatable bonds is 7. The van der Waals surface area contributed by atoms with E-state index < -0.39 is 0 Å². The topological polar surface area (TPSA) is 29.1 Å². The van der Waals surface area contributed by atoms with E-state index in [0.717, 1.165) is 35.4 Å². The van der Waals surface area contributed by atoms with E-state index in [1.807, 2.05) is 66.1 Å². The van der Waals surface area contributed by atoms with E-state index in [4.69, 9.17) is 0 Å². The quantitative estimate of drug-likeness (QED) is 0.541. The SMILES string of the molecule is CCCC/C(=C\Sc1ccccc1)C(=O)Nc1ccccc1. The highest BCUT2D eigenvalue weighted by Gasteiger charge is 2.09. The lowest BCUT2D eigenvalue weighted by Crippen LogP contribution is -2.14. The molecule has 2 aromatic carbocycles. The van der Waals surface area contributed by atoms with E-state index in [-0.39, 0.29) is 5.91 Å². The molecule has 0 spiro atoms. The number of hydrogen-bond acceptors (Lipinski definition) is 2. The van der Waals surface area contributed by atoms with Crippen molar-refractivity contribution in [2.24, 2.45) is 0 Å². The molecule has 0 aliphatic heterocycles. The van der Waals surface area contributed by atoms with Gasteiger partial charge in [-0.2, -0.15) is 0 Å². The maximum absolute atomic E-state index is 12.4. The summed E-state index contributed by atoms with van der Waals surface area (Å²) in [5, 5.41) is 4.94. The molecule has 22 heavy (non-hydrogen) atoms. The van der Waals surface area contributed by atoms with E-state index in [2.05, 4.69) is 12.2 Å². The van der Waals surface area contributed by atoms with Gasteiger partial charge in [0.1, 0.15) is 0 Å². The van der Waals surface area contributed by atoms with Crippen molar-refractivity contribution in [2.45, 2.75) is 31.1 Å². The third-order valence-electron chi connectivity index (χ3n) is 3.20. The van der Waals surface area contributed by atoms with Crippen LogP contribution >= 0.6 is 11.8 Å². The molecule has 0 atom stereocenters. The second-order valence-corrected chi connectivity index (χ2v) is 5.94. The summed E-state index contributed by atoms with van der Waals surface area (Å²) in [6.45, 7) is 2.14. The van der Waals surface area contributed by atoms with Crippen molar-refractivity contribution in [2.75, 3.05) is 5.32 Å². The van der Waals surface area contributed by atoms with Gasteiger partial charge in [-0.3, -0.25) is 4.79 Å². The molecule has 3 heteroatoms. The van der Waals surface area contributed by atoms with Crippen molar-refractivity contribution in [3.63, 3.8) is 0 Å². The van der Waals surface area contributed by atoms with Crippen LogP contribution in [0.3, 0.4) is 0 Å². The minimum atomic E-state index is -0.0110. The lowest BCUT2D eigenvalue weighted by Gasteiger charge is -2.09. The van der Waals surface area contributed by atoms with Crippen LogP contribution in [0, 0.1) is 0 Å². The summed E-state index contributed by atoms with van der Waals surface area (Å²) in [6.07, 6.45) is 2.89. The molecule has 0 radical (unpaired) electrons. The van der Waals surface area contributed by atoms with E-state index in [1.165, 1.54) is 0 Å². The normalized spacial score (nSPS) is 11.2. The molecule has 0 saturated heterocycles. The molecular formula is C19H21NOS. The lowest BCUT2D eigenvalue weighted by atomic mass is 10.1. The van der Waals surface area contributed by atoms with Crippen molar-refractivity contribution in [1.82, 2.24) is 0 Å². The van der Waals surface area contributed by atoms with Gasteiger partial charge in [0.25, 0.3) is 5.91 Å². The minimum Gasteiger partial charge on any atom is -0.322 e. The van der Waals surface area contributed by atoms with Gasteiger partial charge < -0.3 is 5.32 Å². The fraction of sp³-hybridized carbons (Fsp3) is 0.211. The van der Waals surface area contributed by atoms with Crippen LogP contribution < -0.4 is 5.32 Å². The van der Waals surface area contributed by atoms with Gasteiger partial charge in [-0.05, 0) is 42.5 Å². The zero-order chi connectivity index (χ0) is 15.6. The highest BCUT2D eigenvalue weighted by atomic mass is 32.2. The van der Waals surface area contributed by atoms with Crippen molar-refractivity contribution < 1.29 is 4.79 Å². The van der Waals surface area contributed by atoms with Crippen LogP contribution in [0.2, 0.25) is 0 Å². The van der Waals surface area contributed by atoms with Crippen molar-refractivity contribution in [3.05, 3.63) is 71.6 Å². The van der Waals surface area contributed by atoms with Gasteiger partial charge in [-0.1, -0.05) is 61.5 Å². The first-order chi connectivity index (χ1) is 10.8. The third kappa shape index (κ3) is 5.41. The Kier molecular flexibility index (Phi) is 6.78. The second-order valence-electron chi connectivity index (χ2n) is 5.00. The number of nitrogens with one attached hydrogen (secondary N) is 1. The van der Waals surface area contributed by atoms with Crippen LogP contribution in [0.15, 0.2) is 76.5 Å². The number of benzene rings is 2. The number of anilines is 1. The Morgan fingerprint density at radius 1 is 1.05 bits per heavy atom. The van der Waals surface area contributed by atoms with Crippen LogP contribution in [-0.2, 0) is 4.79 Å². The number of amides is 1. The van der Waals surface area contributed by atoms with Gasteiger partial charge >= 0.3 is 0 Å². The van der Waals surface area contributed by atoms with Gasteiger partial charge in [0.05, 0.1) is 0 Å². The second kappa shape index (κ2) is 9.11. The Hall–Kier alpha value is -2.00. The minimum absolute atomic E-state index is 0.0110. The first kappa shape index (κ1) is 16.4. The summed E-state index contributed by atoms with van der Waals surface area (Å²) in [5.41, 5.74) is 1.67. The molecule has 0 unspecified atom stereocenters. The third-order valence-corrected chi connectivity index (χ3v) is 4.15. The number of thioether (sulfide) groups is 1. The van der Waals surface area contributed by atoms with Crippen LogP contribution in [0.4, 0.5) is 5.69 Å². The predicted molar refractivity (Wildman–Crippen MR) is 95.0 cm³/mol. The van der Waals surface area contributed by atoms with Crippen LogP contribution in [-0.4, -0.2) is 5.91 Å². The Labute approximate surface area is 136 Å². The fourth-order valence-corrected chi connectivity index (χ4v) is 2.78. The molecule has 0 heterocycles. The molecule has 0 aliphatic carbocycles. The van der Waals surface area contributed by atoms with Gasteiger partial charge in [-0.15, -0.1) is 0 Å². The molecule has 1 N–H and O–H groups in total. The van der Waals surface area contributed by atoms with E-state index in [0.29, 0.717) is 0 Å². The van der Waals surface area contributed by atoms with E-state index >= 15 is 0 Å². The number of carbonyl (C=O) groups is 1. The Morgan fingerprint density at radius 2 is 1.68 bits per heavy atom. The average molecular weight is 311 g/mol. The largest absolute Gasteiger partial charge is 0.322 e. The summed E-state index contributed by atoms with van der Waals surface area (Å²) in [7, 11) is 0. The van der Waals surface area contributed by atoms with E-state index in [9.17, 15) is 4.79 Å². The summed E-state index contributed by atoms with van der Waals surface area (Å²) in [6, 6.07) is 19.7. The molecular weight excluding hydrogens is 290 g/mol. The number of carbonyl (C=O) groups excluding carboxylic acids is 1. The Balaban J connectivity index is 2.05. The number of para-hydroxylation sites is 1. The average Bonchev–Trinajstić information content (AvgIpc) is 2.56. The molecule has 2 rings (SSSR count). The maximum atomic E-state index is 12.4. The molecule has 0 aromatic heterocycles. The standard InChI is InChI=1S/C19H21NOS/c1-2-3-10-16(15-22-18-13-8-5-9-14-18)19(21)20-17-11-6-4-7-12-17/h4-9,11-15H,2-3,10H2,1H3,(H,20,21)/b16-15+. The van der Waals surface area contributed by atoms with E-state index in [1.54, 1.807) is 11.8 Å². The first-order valence-corrected chi connectivity index (χ1v) is 8.44. The fourth-order valence-electron chi connectivity index (χ4n) is 1.96. The molecule has 0 aliphatic rings. The van der Waals surface area contributed by atoms with Crippen molar-refractivity contribution in [1.29, 1.82) is 0 Å². The molecule has 0 saturated carbocycles. The Bertz CT molecular complexity index is 608. The zero-order valence-corrected chi connectivity index (χ0v) is 13.6. The van der Waals surface area contributed by atoms with Gasteiger partial charge in [0.15, 0.2) is 0 Å². The number of hydrogen-bond donors (Lipinski definition) is 1. The molecule has 0 fully saturated rings. The maximum Gasteiger partial charge on any atom is 0.252 e. The number of unbranched alkanes of at least 4 members (excludes halogenated alkanes) is 1. The van der Waals surface area contributed by atoms with Crippen molar-refractivity contribution in [3.8, 4) is 0 Å². The summed E-state index contributed by atoms with van der Waals surface area (Å²) in [5.74, 6) is -0.0110. The molecule has 2 aromatic rings. The summed E-state index contributed by atoms with van der Waals surface area (Å²) in [4.78, 5) is 13.6. The highest BCUT2D eigenvalue weighted by Crippen LogP contribution is 2.23. The summed E-state index contributed by atoms with van der Waals surface area (Å²) < 4.78 is 0. The van der Waals surface area contributed by atoms with Crippen LogP contribution in [0.1, 0.15) is 26.2 Å². The van der Waals surface area contributed by atoms with Crippen LogP contribution in [0.5, 0.6) is 0 Å².